The summed E-state index contributed by atoms with van der Waals surface area (Å²) in [7, 11) is 0. The number of ether oxygens (including phenoxy) is 1. The van der Waals surface area contributed by atoms with Crippen LogP contribution in [0, 0.1) is 25.6 Å². The van der Waals surface area contributed by atoms with Crippen molar-refractivity contribution in [2.75, 3.05) is 6.61 Å². The van der Waals surface area contributed by atoms with Crippen LogP contribution in [0.4, 0.5) is 4.39 Å². The van der Waals surface area contributed by atoms with Gasteiger partial charge in [-0.05, 0) is 113 Å². The molecule has 0 radical (unpaired) electrons. The van der Waals surface area contributed by atoms with Gasteiger partial charge in [0.1, 0.15) is 4.88 Å². The van der Waals surface area contributed by atoms with E-state index < -0.39 is 11.8 Å². The fraction of sp³-hybridized carbons (Fsp3) is 0.627. The third kappa shape index (κ3) is 16.2. The van der Waals surface area contributed by atoms with Crippen molar-refractivity contribution in [1.82, 2.24) is 0 Å². The lowest BCUT2D eigenvalue weighted by Gasteiger charge is -2.14. The molecule has 0 amide bonds. The number of carbonyl (C=O) groups is 1. The Labute approximate surface area is 484 Å². The summed E-state index contributed by atoms with van der Waals surface area (Å²) in [6.45, 7) is 18.4. The van der Waals surface area contributed by atoms with E-state index in [0.717, 1.165) is 70.7 Å². The van der Waals surface area contributed by atoms with Gasteiger partial charge < -0.3 is 4.74 Å². The number of fused-ring (bicyclic) bond motifs is 3. The third-order valence-corrected chi connectivity index (χ3v) is 23.4. The molecule has 0 spiro atoms. The van der Waals surface area contributed by atoms with Crippen LogP contribution < -0.4 is 0 Å². The van der Waals surface area contributed by atoms with Crippen LogP contribution in [0.15, 0.2) is 24.3 Å². The zero-order chi connectivity index (χ0) is 53.8. The standard InChI is InChI=1S/C67H95FO2S6/c1-9-15-20-24-28-32-37-49-42-55(73-53(49)39-34-30-26-22-17-11-3)58-51-41-46(7)71-63(51)59(56-43-50(38-33-29-25-21-16-10-2)54(74-56)40-35-31-27-23-18-12-4)52-44-57(75-64(52)58)65-60-61(68)66(76-62(60)47(8)72-65)67(69)70-45-48(14-6)36-19-13-5/h41-44,48H,9-40,45H2,1-8H3. The number of unbranched alkanes of at least 4 members (excludes halogenated alkanes) is 21. The molecule has 1 atom stereocenters. The molecule has 0 fully saturated rings. The molecule has 1 unspecified atom stereocenters. The molecule has 6 aromatic heterocycles. The molecule has 1 aromatic carbocycles. The molecule has 6 heterocycles. The minimum atomic E-state index is -0.516. The average Bonchev–Trinajstić information content (AvgIpc) is 4.43. The quantitative estimate of drug-likeness (QED) is 0.0285. The van der Waals surface area contributed by atoms with Gasteiger partial charge in [-0.3, -0.25) is 0 Å². The molecule has 7 rings (SSSR count). The van der Waals surface area contributed by atoms with Crippen molar-refractivity contribution in [3.8, 4) is 30.6 Å². The van der Waals surface area contributed by atoms with Gasteiger partial charge in [-0.1, -0.05) is 189 Å². The summed E-state index contributed by atoms with van der Waals surface area (Å²) in [5.74, 6) is -0.624. The van der Waals surface area contributed by atoms with E-state index in [1.54, 1.807) is 32.2 Å². The predicted molar refractivity (Wildman–Crippen MR) is 344 cm³/mol. The van der Waals surface area contributed by atoms with E-state index >= 15 is 4.39 Å². The molecule has 0 bridgehead atoms. The van der Waals surface area contributed by atoms with E-state index in [-0.39, 0.29) is 4.88 Å². The monoisotopic (exact) mass is 1140 g/mol. The summed E-state index contributed by atoms with van der Waals surface area (Å²) in [6, 6.07) is 10.2. The highest BCUT2D eigenvalue weighted by Crippen LogP contribution is 2.56. The van der Waals surface area contributed by atoms with Gasteiger partial charge in [-0.15, -0.1) is 68.0 Å². The summed E-state index contributed by atoms with van der Waals surface area (Å²) >= 11 is 11.0. The molecule has 9 heteroatoms. The van der Waals surface area contributed by atoms with Gasteiger partial charge in [-0.25, -0.2) is 9.18 Å². The average molecular weight is 1140 g/mol. The van der Waals surface area contributed by atoms with E-state index in [0.29, 0.717) is 17.9 Å². The molecule has 0 saturated carbocycles. The first-order chi connectivity index (χ1) is 37.1. The SMILES string of the molecule is CCCCCCCCc1cc(-c2c3cc(-c4sc(C)c5sc(C(=O)OCC(CC)CCCC)c(F)c45)sc3c(-c3cc(CCCCCCCC)c(CCCCCCCC)s3)c3cc(C)sc23)sc1CCCCCCCC. The Morgan fingerprint density at radius 3 is 1.45 bits per heavy atom. The zero-order valence-corrected chi connectivity index (χ0v) is 53.3. The lowest BCUT2D eigenvalue weighted by Crippen LogP contribution is -2.14. The van der Waals surface area contributed by atoms with E-state index in [1.165, 1.54) is 211 Å². The number of hydrogen-bond donors (Lipinski definition) is 0. The highest BCUT2D eigenvalue weighted by atomic mass is 32.1. The number of halogens is 1. The van der Waals surface area contributed by atoms with Crippen molar-refractivity contribution < 1.29 is 13.9 Å². The van der Waals surface area contributed by atoms with E-state index in [4.69, 9.17) is 4.74 Å². The van der Waals surface area contributed by atoms with Crippen LogP contribution in [0.5, 0.6) is 0 Å². The Balaban J connectivity index is 1.37. The molecule has 76 heavy (non-hydrogen) atoms. The second kappa shape index (κ2) is 32.1. The van der Waals surface area contributed by atoms with Crippen molar-refractivity contribution in [3.63, 3.8) is 0 Å². The van der Waals surface area contributed by atoms with Crippen molar-refractivity contribution >= 4 is 104 Å². The van der Waals surface area contributed by atoms with Crippen molar-refractivity contribution in [2.45, 2.75) is 261 Å². The topological polar surface area (TPSA) is 26.3 Å². The third-order valence-electron chi connectivity index (χ3n) is 16.0. The summed E-state index contributed by atoms with van der Waals surface area (Å²) in [5, 5.41) is 3.28. The molecule has 0 N–H and O–H groups in total. The first-order valence-corrected chi connectivity index (χ1v) is 35.7. The van der Waals surface area contributed by atoms with E-state index in [1.807, 2.05) is 22.7 Å². The van der Waals surface area contributed by atoms with E-state index in [2.05, 4.69) is 102 Å². The maximum atomic E-state index is 17.2. The number of aryl methyl sites for hydroxylation is 6. The van der Waals surface area contributed by atoms with Gasteiger partial charge in [0.15, 0.2) is 5.82 Å². The van der Waals surface area contributed by atoms with E-state index in [9.17, 15) is 4.79 Å². The van der Waals surface area contributed by atoms with Gasteiger partial charge in [0, 0.05) is 70.8 Å². The van der Waals surface area contributed by atoms with Gasteiger partial charge in [0.05, 0.1) is 16.2 Å². The zero-order valence-electron chi connectivity index (χ0n) is 48.4. The van der Waals surface area contributed by atoms with Crippen molar-refractivity contribution in [3.05, 3.63) is 65.6 Å². The summed E-state index contributed by atoms with van der Waals surface area (Å²) in [5.41, 5.74) is 5.89. The van der Waals surface area contributed by atoms with Crippen LogP contribution in [0.1, 0.15) is 262 Å². The number of benzene rings is 1. The lowest BCUT2D eigenvalue weighted by atomic mass is 9.97. The van der Waals surface area contributed by atoms with Gasteiger partial charge in [0.2, 0.25) is 0 Å². The maximum absolute atomic E-state index is 17.2. The number of carbonyl (C=O) groups excluding carboxylic acids is 1. The Bertz CT molecular complexity index is 2640. The van der Waals surface area contributed by atoms with Crippen LogP contribution in [-0.2, 0) is 30.4 Å². The Hall–Kier alpha value is -2.40. The lowest BCUT2D eigenvalue weighted by molar-refractivity contribution is 0.0429. The molecular weight excluding hydrogens is 1050 g/mol. The molecule has 7 aromatic rings. The molecule has 2 nitrogen and oxygen atoms in total. The molecule has 0 aliphatic rings. The number of thiophene rings is 6. The second-order valence-electron chi connectivity index (χ2n) is 22.3. The second-order valence-corrected chi connectivity index (χ2v) is 29.2. The van der Waals surface area contributed by atoms with Crippen LogP contribution in [0.25, 0.3) is 60.9 Å². The minimum Gasteiger partial charge on any atom is -0.461 e. The number of rotatable bonds is 38. The molecular formula is C67H95FO2S6. The Morgan fingerprint density at radius 1 is 0.487 bits per heavy atom. The number of esters is 1. The highest BCUT2D eigenvalue weighted by Gasteiger charge is 2.30. The molecule has 0 aliphatic heterocycles. The fourth-order valence-corrected chi connectivity index (χ4v) is 19.0. The summed E-state index contributed by atoms with van der Waals surface area (Å²) in [6.07, 6.45) is 40.2. The normalized spacial score (nSPS) is 12.4. The Kier molecular flexibility index (Phi) is 25.9. The summed E-state index contributed by atoms with van der Waals surface area (Å²) < 4.78 is 26.7. The maximum Gasteiger partial charge on any atom is 0.351 e. The van der Waals surface area contributed by atoms with Gasteiger partial charge in [-0.2, -0.15) is 0 Å². The van der Waals surface area contributed by atoms with Gasteiger partial charge >= 0.3 is 5.97 Å². The smallest absolute Gasteiger partial charge is 0.351 e. The fourth-order valence-electron chi connectivity index (χ4n) is 11.4. The van der Waals surface area contributed by atoms with Gasteiger partial charge in [0.25, 0.3) is 0 Å². The highest BCUT2D eigenvalue weighted by molar-refractivity contribution is 7.31. The first-order valence-electron chi connectivity index (χ1n) is 30.8. The molecule has 418 valence electrons. The van der Waals surface area contributed by atoms with Crippen molar-refractivity contribution in [1.29, 1.82) is 0 Å². The van der Waals surface area contributed by atoms with Crippen LogP contribution in [0.2, 0.25) is 0 Å². The molecule has 0 saturated heterocycles. The largest absolute Gasteiger partial charge is 0.461 e. The van der Waals surface area contributed by atoms with Crippen molar-refractivity contribution in [2.24, 2.45) is 5.92 Å². The van der Waals surface area contributed by atoms with Crippen LogP contribution in [-0.4, -0.2) is 12.6 Å². The van der Waals surface area contributed by atoms with Crippen LogP contribution in [0.3, 0.4) is 0 Å². The summed E-state index contributed by atoms with van der Waals surface area (Å²) in [4.78, 5) is 24.4. The van der Waals surface area contributed by atoms with Crippen LogP contribution >= 0.6 is 68.0 Å². The Morgan fingerprint density at radius 2 is 0.947 bits per heavy atom. The minimum absolute atomic E-state index is 0.120. The first kappa shape index (κ1) is 61.2. The molecule has 0 aliphatic carbocycles. The number of hydrogen-bond acceptors (Lipinski definition) is 8. The predicted octanol–water partition coefficient (Wildman–Crippen LogP) is 25.3.